The standard InChI is InChI=1S/C15H27N3O2/c1-5-15(6-2,19-7-3)14-17-13(20-18-14)12-10-11(4)8-9-16-12/h11-12,16H,5-10H2,1-4H3. The van der Waals surface area contributed by atoms with Gasteiger partial charge in [-0.15, -0.1) is 0 Å². The summed E-state index contributed by atoms with van der Waals surface area (Å²) in [4.78, 5) is 4.64. The van der Waals surface area contributed by atoms with Gasteiger partial charge in [-0.3, -0.25) is 0 Å². The molecule has 2 atom stereocenters. The normalized spacial score (nSPS) is 24.0. The molecular weight excluding hydrogens is 254 g/mol. The fourth-order valence-electron chi connectivity index (χ4n) is 2.97. The lowest BCUT2D eigenvalue weighted by atomic mass is 9.94. The molecule has 1 aliphatic heterocycles. The van der Waals surface area contributed by atoms with Crippen LogP contribution in [0.1, 0.15) is 71.1 Å². The molecular formula is C15H27N3O2. The summed E-state index contributed by atoms with van der Waals surface area (Å²) in [5, 5.41) is 7.66. The van der Waals surface area contributed by atoms with Crippen LogP contribution in [-0.2, 0) is 10.3 Å². The highest BCUT2D eigenvalue weighted by Crippen LogP contribution is 2.33. The van der Waals surface area contributed by atoms with Gasteiger partial charge in [-0.1, -0.05) is 25.9 Å². The SMILES string of the molecule is CCOC(CC)(CC)c1noc(C2CC(C)CCN2)n1. The first-order chi connectivity index (χ1) is 9.65. The average molecular weight is 281 g/mol. The van der Waals surface area contributed by atoms with E-state index in [1.54, 1.807) is 0 Å². The molecule has 0 radical (unpaired) electrons. The Morgan fingerprint density at radius 2 is 2.10 bits per heavy atom. The zero-order chi connectivity index (χ0) is 14.6. The Kier molecular flexibility index (Phi) is 5.16. The fourth-order valence-corrected chi connectivity index (χ4v) is 2.97. The lowest BCUT2D eigenvalue weighted by Crippen LogP contribution is -2.32. The number of rotatable bonds is 6. The van der Waals surface area contributed by atoms with E-state index in [4.69, 9.17) is 9.26 Å². The summed E-state index contributed by atoms with van der Waals surface area (Å²) in [7, 11) is 0. The number of nitrogens with zero attached hydrogens (tertiary/aromatic N) is 2. The molecule has 2 heterocycles. The first kappa shape index (κ1) is 15.4. The molecule has 0 aromatic carbocycles. The number of aromatic nitrogens is 2. The van der Waals surface area contributed by atoms with Crippen LogP contribution in [0.25, 0.3) is 0 Å². The molecule has 1 fully saturated rings. The second-order valence-electron chi connectivity index (χ2n) is 5.73. The van der Waals surface area contributed by atoms with Crippen molar-refractivity contribution >= 4 is 0 Å². The van der Waals surface area contributed by atoms with Gasteiger partial charge in [0.15, 0.2) is 0 Å². The van der Waals surface area contributed by atoms with E-state index in [0.29, 0.717) is 24.2 Å². The Labute approximate surface area is 121 Å². The molecule has 2 rings (SSSR count). The minimum atomic E-state index is -0.406. The first-order valence-electron chi connectivity index (χ1n) is 7.86. The quantitative estimate of drug-likeness (QED) is 0.867. The number of piperidine rings is 1. The molecule has 1 saturated heterocycles. The van der Waals surface area contributed by atoms with Gasteiger partial charge in [0.05, 0.1) is 6.04 Å². The summed E-state index contributed by atoms with van der Waals surface area (Å²) < 4.78 is 11.4. The van der Waals surface area contributed by atoms with Gasteiger partial charge in [-0.2, -0.15) is 4.98 Å². The van der Waals surface area contributed by atoms with Gasteiger partial charge in [0, 0.05) is 6.61 Å². The van der Waals surface area contributed by atoms with Crippen molar-refractivity contribution in [3.63, 3.8) is 0 Å². The molecule has 1 aromatic rings. The first-order valence-corrected chi connectivity index (χ1v) is 7.86. The van der Waals surface area contributed by atoms with E-state index in [-0.39, 0.29) is 6.04 Å². The topological polar surface area (TPSA) is 60.2 Å². The van der Waals surface area contributed by atoms with Crippen LogP contribution in [0.4, 0.5) is 0 Å². The van der Waals surface area contributed by atoms with Crippen LogP contribution in [-0.4, -0.2) is 23.3 Å². The van der Waals surface area contributed by atoms with Crippen molar-refractivity contribution in [1.29, 1.82) is 0 Å². The second kappa shape index (κ2) is 6.68. The highest BCUT2D eigenvalue weighted by molar-refractivity contribution is 5.03. The minimum Gasteiger partial charge on any atom is -0.367 e. The van der Waals surface area contributed by atoms with Crippen molar-refractivity contribution < 1.29 is 9.26 Å². The number of nitrogens with one attached hydrogen (secondary N) is 1. The third-order valence-corrected chi connectivity index (χ3v) is 4.38. The third kappa shape index (κ3) is 3.04. The number of ether oxygens (including phenoxy) is 1. The van der Waals surface area contributed by atoms with Crippen LogP contribution in [0, 0.1) is 5.92 Å². The molecule has 0 amide bonds. The molecule has 5 nitrogen and oxygen atoms in total. The summed E-state index contributed by atoms with van der Waals surface area (Å²) in [6.45, 7) is 10.2. The lowest BCUT2D eigenvalue weighted by Gasteiger charge is -2.28. The summed E-state index contributed by atoms with van der Waals surface area (Å²) in [6.07, 6.45) is 3.97. The monoisotopic (exact) mass is 281 g/mol. The van der Waals surface area contributed by atoms with E-state index >= 15 is 0 Å². The Morgan fingerprint density at radius 1 is 1.35 bits per heavy atom. The summed E-state index contributed by atoms with van der Waals surface area (Å²) in [5.74, 6) is 2.10. The van der Waals surface area contributed by atoms with Crippen LogP contribution >= 0.6 is 0 Å². The third-order valence-electron chi connectivity index (χ3n) is 4.38. The van der Waals surface area contributed by atoms with E-state index in [0.717, 1.165) is 25.8 Å². The Hall–Kier alpha value is -0.940. The summed E-state index contributed by atoms with van der Waals surface area (Å²) in [5.41, 5.74) is -0.406. The summed E-state index contributed by atoms with van der Waals surface area (Å²) >= 11 is 0. The number of hydrogen-bond acceptors (Lipinski definition) is 5. The Morgan fingerprint density at radius 3 is 2.70 bits per heavy atom. The Bertz CT molecular complexity index is 415. The second-order valence-corrected chi connectivity index (χ2v) is 5.73. The molecule has 114 valence electrons. The van der Waals surface area contributed by atoms with Crippen LogP contribution < -0.4 is 5.32 Å². The van der Waals surface area contributed by atoms with Crippen LogP contribution in [0.15, 0.2) is 4.52 Å². The van der Waals surface area contributed by atoms with E-state index in [1.807, 2.05) is 6.92 Å². The molecule has 1 N–H and O–H groups in total. The molecule has 2 unspecified atom stereocenters. The number of hydrogen-bond donors (Lipinski definition) is 1. The van der Waals surface area contributed by atoms with Crippen molar-refractivity contribution in [3.8, 4) is 0 Å². The lowest BCUT2D eigenvalue weighted by molar-refractivity contribution is -0.0583. The zero-order valence-corrected chi connectivity index (χ0v) is 13.1. The largest absolute Gasteiger partial charge is 0.367 e. The van der Waals surface area contributed by atoms with E-state index in [1.165, 1.54) is 6.42 Å². The molecule has 1 aromatic heterocycles. The van der Waals surface area contributed by atoms with Crippen molar-refractivity contribution in [2.24, 2.45) is 5.92 Å². The van der Waals surface area contributed by atoms with Gasteiger partial charge >= 0.3 is 0 Å². The molecule has 0 aliphatic carbocycles. The van der Waals surface area contributed by atoms with Crippen LogP contribution in [0.5, 0.6) is 0 Å². The highest BCUT2D eigenvalue weighted by Gasteiger charge is 2.36. The van der Waals surface area contributed by atoms with Crippen molar-refractivity contribution in [2.75, 3.05) is 13.2 Å². The van der Waals surface area contributed by atoms with Crippen LogP contribution in [0.2, 0.25) is 0 Å². The summed E-state index contributed by atoms with van der Waals surface area (Å²) in [6, 6.07) is 0.188. The fraction of sp³-hybridized carbons (Fsp3) is 0.867. The van der Waals surface area contributed by atoms with E-state index < -0.39 is 5.60 Å². The minimum absolute atomic E-state index is 0.188. The van der Waals surface area contributed by atoms with Gasteiger partial charge < -0.3 is 14.6 Å². The predicted molar refractivity (Wildman–Crippen MR) is 77.3 cm³/mol. The van der Waals surface area contributed by atoms with Gasteiger partial charge in [-0.25, -0.2) is 0 Å². The van der Waals surface area contributed by atoms with Crippen LogP contribution in [0.3, 0.4) is 0 Å². The molecule has 0 spiro atoms. The Balaban J connectivity index is 2.18. The predicted octanol–water partition coefficient (Wildman–Crippen LogP) is 3.18. The van der Waals surface area contributed by atoms with E-state index in [9.17, 15) is 0 Å². The van der Waals surface area contributed by atoms with Gasteiger partial charge in [0.2, 0.25) is 11.7 Å². The molecule has 0 saturated carbocycles. The van der Waals surface area contributed by atoms with Crippen molar-refractivity contribution in [1.82, 2.24) is 15.5 Å². The molecule has 1 aliphatic rings. The maximum absolute atomic E-state index is 5.93. The van der Waals surface area contributed by atoms with Crippen molar-refractivity contribution in [3.05, 3.63) is 11.7 Å². The van der Waals surface area contributed by atoms with Crippen molar-refractivity contribution in [2.45, 2.75) is 65.0 Å². The molecule has 5 heteroatoms. The smallest absolute Gasteiger partial charge is 0.243 e. The van der Waals surface area contributed by atoms with Gasteiger partial charge in [-0.05, 0) is 45.1 Å². The highest BCUT2D eigenvalue weighted by atomic mass is 16.5. The molecule has 20 heavy (non-hydrogen) atoms. The maximum atomic E-state index is 5.93. The zero-order valence-electron chi connectivity index (χ0n) is 13.1. The molecule has 0 bridgehead atoms. The van der Waals surface area contributed by atoms with Gasteiger partial charge in [0.25, 0.3) is 0 Å². The average Bonchev–Trinajstić information content (AvgIpc) is 2.95. The van der Waals surface area contributed by atoms with E-state index in [2.05, 4.69) is 36.2 Å². The maximum Gasteiger partial charge on any atom is 0.243 e. The van der Waals surface area contributed by atoms with Gasteiger partial charge in [0.1, 0.15) is 5.60 Å².